The number of sulfone groups is 1. The van der Waals surface area contributed by atoms with Gasteiger partial charge in [-0.05, 0) is 63.2 Å². The van der Waals surface area contributed by atoms with Crippen LogP contribution < -0.4 is 20.1 Å². The number of nitro groups is 1. The molecule has 5 aromatic rings. The van der Waals surface area contributed by atoms with E-state index >= 15 is 0 Å². The van der Waals surface area contributed by atoms with Crippen molar-refractivity contribution in [3.05, 3.63) is 82.5 Å². The van der Waals surface area contributed by atoms with Crippen molar-refractivity contribution in [2.45, 2.75) is 42.9 Å². The summed E-state index contributed by atoms with van der Waals surface area (Å²) in [4.78, 5) is 57.4. The van der Waals surface area contributed by atoms with Crippen molar-refractivity contribution in [1.82, 2.24) is 20.2 Å². The van der Waals surface area contributed by atoms with Crippen LogP contribution in [0.1, 0.15) is 27.2 Å². The molecule has 1 aliphatic rings. The van der Waals surface area contributed by atoms with E-state index in [0.29, 0.717) is 36.2 Å². The van der Waals surface area contributed by atoms with Crippen molar-refractivity contribution in [2.75, 3.05) is 84.4 Å². The fraction of sp³-hybridized carbons (Fsp3) is 0.419. The molecule has 1 atom stereocenters. The fourth-order valence-corrected chi connectivity index (χ4v) is 8.30. The molecular formula is C43H50N6O14S2. The highest BCUT2D eigenvalue weighted by Crippen LogP contribution is 2.38. The smallest absolute Gasteiger partial charge is 0.490 e. The number of fused-ring (bicyclic) bond motifs is 2. The number of likely N-dealkylation sites (tertiary alicyclic amines) is 1. The van der Waals surface area contributed by atoms with Gasteiger partial charge in [-0.2, -0.15) is 0 Å². The maximum absolute atomic E-state index is 13.8. The van der Waals surface area contributed by atoms with Crippen LogP contribution >= 0.6 is 11.3 Å². The van der Waals surface area contributed by atoms with E-state index in [1.54, 1.807) is 62.0 Å². The average Bonchev–Trinajstić information content (AvgIpc) is 3.95. The van der Waals surface area contributed by atoms with Gasteiger partial charge in [-0.3, -0.25) is 24.7 Å². The predicted molar refractivity (Wildman–Crippen MR) is 239 cm³/mol. The van der Waals surface area contributed by atoms with Gasteiger partial charge in [-0.15, -0.1) is 11.3 Å². The van der Waals surface area contributed by atoms with Crippen molar-refractivity contribution in [1.29, 1.82) is 0 Å². The molecule has 65 heavy (non-hydrogen) atoms. The summed E-state index contributed by atoms with van der Waals surface area (Å²) in [5.41, 5.74) is 4.55. The van der Waals surface area contributed by atoms with Gasteiger partial charge in [-0.25, -0.2) is 18.2 Å². The third kappa shape index (κ3) is 13.7. The Balaban J connectivity index is 0.805. The minimum absolute atomic E-state index is 0.0574. The topological polar surface area (TPSA) is 246 Å². The lowest BCUT2D eigenvalue weighted by Gasteiger charge is -2.22. The van der Waals surface area contributed by atoms with Gasteiger partial charge in [0.15, 0.2) is 9.84 Å². The van der Waals surface area contributed by atoms with Gasteiger partial charge in [-0.1, -0.05) is 0 Å². The lowest BCUT2D eigenvalue weighted by Crippen LogP contribution is -2.40. The van der Waals surface area contributed by atoms with Gasteiger partial charge in [0.25, 0.3) is 5.69 Å². The number of nitro benzene ring substituents is 1. The largest absolute Gasteiger partial charge is 0.514 e. The zero-order valence-corrected chi connectivity index (χ0v) is 37.7. The maximum atomic E-state index is 13.8. The molecule has 348 valence electrons. The molecule has 3 heterocycles. The number of pyridine rings is 1. The summed E-state index contributed by atoms with van der Waals surface area (Å²) in [5, 5.41) is 17.3. The van der Waals surface area contributed by atoms with Gasteiger partial charge < -0.3 is 48.7 Å². The van der Waals surface area contributed by atoms with Crippen LogP contribution in [0.15, 0.2) is 77.3 Å². The van der Waals surface area contributed by atoms with E-state index < -0.39 is 37.7 Å². The first-order valence-electron chi connectivity index (χ1n) is 20.6. The van der Waals surface area contributed by atoms with E-state index in [1.165, 1.54) is 29.2 Å². The van der Waals surface area contributed by atoms with Crippen molar-refractivity contribution < 1.29 is 60.9 Å². The number of ether oxygens (including phenoxy) is 7. The molecule has 2 aromatic heterocycles. The van der Waals surface area contributed by atoms with E-state index in [9.17, 15) is 32.9 Å². The Kier molecular flexibility index (Phi) is 16.9. The molecule has 0 saturated carbocycles. The van der Waals surface area contributed by atoms with Gasteiger partial charge in [0.2, 0.25) is 11.8 Å². The molecule has 2 N–H and O–H groups in total. The SMILES string of the molecule is CC(C)(C)S(=O)(=O)c1cc2c(Nc3ccc4scnc4c3)ccnc2cc1OCCOCCOCCOCCOCC(=O)NCC(=O)N1CCC(OC(=O)Oc2ccc([N+](=O)[O-])cc2)C1. The lowest BCUT2D eigenvalue weighted by atomic mass is 10.1. The van der Waals surface area contributed by atoms with Crippen LogP contribution in [-0.2, 0) is 43.1 Å². The molecule has 0 radical (unpaired) electrons. The molecule has 0 spiro atoms. The molecule has 2 amide bonds. The molecular weight excluding hydrogens is 889 g/mol. The molecule has 6 rings (SSSR count). The quantitative estimate of drug-likeness (QED) is 0.0272. The number of thiazole rings is 1. The second-order valence-electron chi connectivity index (χ2n) is 15.4. The van der Waals surface area contributed by atoms with E-state index in [2.05, 4.69) is 20.6 Å². The highest BCUT2D eigenvalue weighted by Gasteiger charge is 2.34. The number of aromatic nitrogens is 2. The molecule has 1 fully saturated rings. The van der Waals surface area contributed by atoms with Crippen molar-refractivity contribution in [2.24, 2.45) is 0 Å². The van der Waals surface area contributed by atoms with Gasteiger partial charge in [0.05, 0.1) is 90.3 Å². The Morgan fingerprint density at radius 2 is 1.57 bits per heavy atom. The summed E-state index contributed by atoms with van der Waals surface area (Å²) in [7, 11) is -3.83. The van der Waals surface area contributed by atoms with Crippen LogP contribution in [0, 0.1) is 10.1 Å². The van der Waals surface area contributed by atoms with Crippen LogP contribution in [0.2, 0.25) is 0 Å². The fourth-order valence-electron chi connectivity index (χ4n) is 6.32. The molecule has 0 aliphatic carbocycles. The zero-order chi connectivity index (χ0) is 46.4. The van der Waals surface area contributed by atoms with Crippen LogP contribution in [-0.4, -0.2) is 136 Å². The summed E-state index contributed by atoms with van der Waals surface area (Å²) in [6, 6.07) is 15.8. The summed E-state index contributed by atoms with van der Waals surface area (Å²) >= 11 is 1.55. The number of amides is 2. The molecule has 1 saturated heterocycles. The first-order chi connectivity index (χ1) is 31.2. The third-order valence-corrected chi connectivity index (χ3v) is 13.1. The predicted octanol–water partition coefficient (Wildman–Crippen LogP) is 5.45. The summed E-state index contributed by atoms with van der Waals surface area (Å²) in [5.74, 6) is -0.584. The molecule has 3 aromatic carbocycles. The Morgan fingerprint density at radius 1 is 0.877 bits per heavy atom. The van der Waals surface area contributed by atoms with Crippen LogP contribution in [0.25, 0.3) is 21.1 Å². The Bertz CT molecular complexity index is 2550. The van der Waals surface area contributed by atoms with E-state index in [-0.39, 0.29) is 93.9 Å². The maximum Gasteiger partial charge on any atom is 0.514 e. The Labute approximate surface area is 378 Å². The number of hydrogen-bond donors (Lipinski definition) is 2. The van der Waals surface area contributed by atoms with E-state index in [0.717, 1.165) is 15.9 Å². The van der Waals surface area contributed by atoms with Gasteiger partial charge in [0, 0.05) is 54.1 Å². The molecule has 1 aliphatic heterocycles. The highest BCUT2D eigenvalue weighted by atomic mass is 32.2. The van der Waals surface area contributed by atoms with Crippen molar-refractivity contribution >= 4 is 77.3 Å². The number of nitrogens with one attached hydrogen (secondary N) is 2. The number of carbonyl (C=O) groups excluding carboxylic acids is 3. The van der Waals surface area contributed by atoms with E-state index in [4.69, 9.17) is 33.2 Å². The molecule has 1 unspecified atom stereocenters. The number of benzene rings is 3. The summed E-state index contributed by atoms with van der Waals surface area (Å²) in [6.07, 6.45) is 0.420. The number of hydrogen-bond acceptors (Lipinski definition) is 18. The highest BCUT2D eigenvalue weighted by molar-refractivity contribution is 7.92. The Morgan fingerprint density at radius 3 is 2.26 bits per heavy atom. The summed E-state index contributed by atoms with van der Waals surface area (Å²) < 4.78 is 65.8. The van der Waals surface area contributed by atoms with Crippen LogP contribution in [0.4, 0.5) is 21.9 Å². The normalized spacial score (nSPS) is 14.1. The number of nitrogens with zero attached hydrogens (tertiary/aromatic N) is 4. The third-order valence-electron chi connectivity index (χ3n) is 9.79. The van der Waals surface area contributed by atoms with Gasteiger partial charge in [0.1, 0.15) is 35.7 Å². The number of carbonyl (C=O) groups is 3. The first kappa shape index (κ1) is 48.4. The number of rotatable bonds is 23. The zero-order valence-electron chi connectivity index (χ0n) is 36.0. The molecule has 20 nitrogen and oxygen atoms in total. The average molecular weight is 939 g/mol. The molecule has 22 heteroatoms. The molecule has 0 bridgehead atoms. The van der Waals surface area contributed by atoms with Crippen LogP contribution in [0.3, 0.4) is 0 Å². The van der Waals surface area contributed by atoms with Crippen molar-refractivity contribution in [3.8, 4) is 11.5 Å². The second-order valence-corrected chi connectivity index (χ2v) is 19.0. The van der Waals surface area contributed by atoms with E-state index in [1.807, 2.05) is 18.2 Å². The Hall–Kier alpha value is -6.04. The minimum atomic E-state index is -3.83. The minimum Gasteiger partial charge on any atom is -0.490 e. The van der Waals surface area contributed by atoms with Gasteiger partial charge >= 0.3 is 6.16 Å². The monoisotopic (exact) mass is 938 g/mol. The standard InChI is InChI=1S/C43H50N6O14S2/c1-43(2,3)65(55,56)39-23-33-34(47-29-4-9-38-36(22-29)46-28-64-38)10-12-44-35(33)24-37(39)61-21-20-59-17-16-57-14-15-58-18-19-60-27-40(50)45-25-41(51)48-13-11-32(26-48)63-42(52)62-31-7-5-30(6-8-31)49(53)54/h4-10,12,22-24,28,32H,11,13-21,25-27H2,1-3H3,(H,44,47)(H,45,50). The lowest BCUT2D eigenvalue weighted by molar-refractivity contribution is -0.384. The van der Waals surface area contributed by atoms with Crippen LogP contribution in [0.5, 0.6) is 11.5 Å². The number of anilines is 2. The number of non-ortho nitro benzene ring substituents is 1. The van der Waals surface area contributed by atoms with Crippen molar-refractivity contribution in [3.63, 3.8) is 0 Å². The summed E-state index contributed by atoms with van der Waals surface area (Å²) in [6.45, 7) is 6.58. The first-order valence-corrected chi connectivity index (χ1v) is 22.9. The second kappa shape index (κ2) is 22.7.